The molecule has 2 atom stereocenters. The maximum Gasteiger partial charge on any atom is 0.147 e. The predicted molar refractivity (Wildman–Crippen MR) is 61.0 cm³/mol. The summed E-state index contributed by atoms with van der Waals surface area (Å²) >= 11 is 0. The first-order chi connectivity index (χ1) is 7.66. The van der Waals surface area contributed by atoms with Crippen LogP contribution < -0.4 is 5.73 Å². The Morgan fingerprint density at radius 1 is 1.56 bits per heavy atom. The second-order valence-corrected chi connectivity index (χ2v) is 5.42. The van der Waals surface area contributed by atoms with Crippen molar-refractivity contribution in [2.24, 2.45) is 5.92 Å². The second kappa shape index (κ2) is 4.93. The molecule has 0 spiro atoms. The standard InChI is InChI=1S/C11H14FNO2S/c12-10-5-9(1-2-11(10)13)16(14)7-8-3-4-15-6-8/h1-2,5,8H,3-4,6-7,13H2. The van der Waals surface area contributed by atoms with Gasteiger partial charge in [0.1, 0.15) is 5.82 Å². The van der Waals surface area contributed by atoms with E-state index in [0.29, 0.717) is 23.2 Å². The fraction of sp³-hybridized carbons (Fsp3) is 0.455. The van der Waals surface area contributed by atoms with E-state index in [0.717, 1.165) is 13.0 Å². The van der Waals surface area contributed by atoms with Gasteiger partial charge in [-0.2, -0.15) is 0 Å². The predicted octanol–water partition coefficient (Wildman–Crippen LogP) is 1.55. The number of hydrogen-bond donors (Lipinski definition) is 1. The minimum absolute atomic E-state index is 0.0879. The monoisotopic (exact) mass is 243 g/mol. The summed E-state index contributed by atoms with van der Waals surface area (Å²) in [4.78, 5) is 0.499. The van der Waals surface area contributed by atoms with E-state index >= 15 is 0 Å². The van der Waals surface area contributed by atoms with Crippen molar-refractivity contribution in [2.45, 2.75) is 11.3 Å². The minimum atomic E-state index is -1.17. The molecule has 1 fully saturated rings. The van der Waals surface area contributed by atoms with Crippen molar-refractivity contribution < 1.29 is 13.3 Å². The van der Waals surface area contributed by atoms with Gasteiger partial charge in [-0.3, -0.25) is 4.21 Å². The molecule has 1 aromatic rings. The molecule has 3 nitrogen and oxygen atoms in total. The van der Waals surface area contributed by atoms with Crippen molar-refractivity contribution in [1.29, 1.82) is 0 Å². The average molecular weight is 243 g/mol. The zero-order valence-electron chi connectivity index (χ0n) is 8.82. The summed E-state index contributed by atoms with van der Waals surface area (Å²) in [6.45, 7) is 1.39. The summed E-state index contributed by atoms with van der Waals surface area (Å²) < 4.78 is 30.3. The van der Waals surface area contributed by atoms with E-state index in [1.54, 1.807) is 6.07 Å². The second-order valence-electron chi connectivity index (χ2n) is 3.93. The van der Waals surface area contributed by atoms with E-state index in [9.17, 15) is 8.60 Å². The number of halogens is 1. The van der Waals surface area contributed by atoms with E-state index in [2.05, 4.69) is 0 Å². The fourth-order valence-corrected chi connectivity index (χ4v) is 3.01. The molecule has 0 amide bonds. The Hall–Kier alpha value is -0.940. The Morgan fingerprint density at radius 3 is 3.00 bits per heavy atom. The van der Waals surface area contributed by atoms with Gasteiger partial charge in [0.25, 0.3) is 0 Å². The van der Waals surface area contributed by atoms with Crippen molar-refractivity contribution in [3.05, 3.63) is 24.0 Å². The van der Waals surface area contributed by atoms with Gasteiger partial charge in [-0.05, 0) is 30.5 Å². The van der Waals surface area contributed by atoms with Crippen molar-refractivity contribution in [1.82, 2.24) is 0 Å². The number of nitrogen functional groups attached to an aromatic ring is 1. The highest BCUT2D eigenvalue weighted by Gasteiger charge is 2.19. The first kappa shape index (κ1) is 11.5. The van der Waals surface area contributed by atoms with Crippen LogP contribution >= 0.6 is 0 Å². The molecule has 1 heterocycles. The van der Waals surface area contributed by atoms with Gasteiger partial charge in [-0.1, -0.05) is 0 Å². The lowest BCUT2D eigenvalue weighted by Crippen LogP contribution is -2.11. The highest BCUT2D eigenvalue weighted by atomic mass is 32.2. The molecule has 2 N–H and O–H groups in total. The van der Waals surface area contributed by atoms with E-state index in [4.69, 9.17) is 10.5 Å². The fourth-order valence-electron chi connectivity index (χ4n) is 1.67. The topological polar surface area (TPSA) is 52.3 Å². The third-order valence-corrected chi connectivity index (χ3v) is 4.20. The molecule has 1 aliphatic heterocycles. The normalized spacial score (nSPS) is 22.2. The molecule has 16 heavy (non-hydrogen) atoms. The molecular weight excluding hydrogens is 229 g/mol. The summed E-state index contributed by atoms with van der Waals surface area (Å²) in [5, 5.41) is 0. The number of hydrogen-bond acceptors (Lipinski definition) is 3. The first-order valence-electron chi connectivity index (χ1n) is 5.18. The molecule has 2 rings (SSSR count). The molecular formula is C11H14FNO2S. The Kier molecular flexibility index (Phi) is 3.56. The van der Waals surface area contributed by atoms with Gasteiger partial charge >= 0.3 is 0 Å². The highest BCUT2D eigenvalue weighted by Crippen LogP contribution is 2.19. The van der Waals surface area contributed by atoms with Crippen LogP contribution in [0, 0.1) is 11.7 Å². The largest absolute Gasteiger partial charge is 0.396 e. The zero-order chi connectivity index (χ0) is 11.5. The van der Waals surface area contributed by atoms with Crippen LogP contribution in [0.5, 0.6) is 0 Å². The number of rotatable bonds is 3. The molecule has 2 unspecified atom stereocenters. The van der Waals surface area contributed by atoms with E-state index in [-0.39, 0.29) is 5.69 Å². The van der Waals surface area contributed by atoms with Crippen molar-refractivity contribution >= 4 is 16.5 Å². The summed E-state index contributed by atoms with van der Waals surface area (Å²) in [6.07, 6.45) is 0.934. The summed E-state index contributed by atoms with van der Waals surface area (Å²) in [5.74, 6) is 0.346. The number of nitrogens with two attached hydrogens (primary N) is 1. The zero-order valence-corrected chi connectivity index (χ0v) is 9.63. The van der Waals surface area contributed by atoms with Gasteiger partial charge in [0.05, 0.1) is 23.1 Å². The molecule has 1 aromatic carbocycles. The van der Waals surface area contributed by atoms with E-state index < -0.39 is 16.6 Å². The van der Waals surface area contributed by atoms with Crippen molar-refractivity contribution in [2.75, 3.05) is 24.7 Å². The van der Waals surface area contributed by atoms with Gasteiger partial charge < -0.3 is 10.5 Å². The summed E-state index contributed by atoms with van der Waals surface area (Å²) in [7, 11) is -1.17. The van der Waals surface area contributed by atoms with Crippen molar-refractivity contribution in [3.8, 4) is 0 Å². The maximum atomic E-state index is 13.2. The Bertz CT molecular complexity index is 405. The molecule has 0 aromatic heterocycles. The number of anilines is 1. The molecule has 88 valence electrons. The highest BCUT2D eigenvalue weighted by molar-refractivity contribution is 7.85. The quantitative estimate of drug-likeness (QED) is 0.819. The van der Waals surface area contributed by atoms with E-state index in [1.165, 1.54) is 12.1 Å². The molecule has 0 saturated carbocycles. The van der Waals surface area contributed by atoms with Crippen LogP contribution in [0.3, 0.4) is 0 Å². The molecule has 1 saturated heterocycles. The lowest BCUT2D eigenvalue weighted by atomic mass is 10.2. The van der Waals surface area contributed by atoms with Gasteiger partial charge in [-0.15, -0.1) is 0 Å². The number of benzene rings is 1. The van der Waals surface area contributed by atoms with Gasteiger partial charge in [0.2, 0.25) is 0 Å². The molecule has 1 aliphatic rings. The van der Waals surface area contributed by atoms with Crippen molar-refractivity contribution in [3.63, 3.8) is 0 Å². The Labute approximate surface area is 96.2 Å². The third kappa shape index (κ3) is 2.59. The van der Waals surface area contributed by atoms with Gasteiger partial charge in [0, 0.05) is 17.3 Å². The van der Waals surface area contributed by atoms with Crippen LogP contribution in [0.1, 0.15) is 6.42 Å². The maximum absolute atomic E-state index is 13.2. The van der Waals surface area contributed by atoms with Crippen LogP contribution in [-0.4, -0.2) is 23.2 Å². The Balaban J connectivity index is 2.05. The third-order valence-electron chi connectivity index (χ3n) is 2.65. The molecule has 0 bridgehead atoms. The first-order valence-corrected chi connectivity index (χ1v) is 6.50. The van der Waals surface area contributed by atoms with Gasteiger partial charge in [0.15, 0.2) is 0 Å². The number of ether oxygens (including phenoxy) is 1. The van der Waals surface area contributed by atoms with Crippen LogP contribution in [-0.2, 0) is 15.5 Å². The SMILES string of the molecule is Nc1ccc(S(=O)CC2CCOC2)cc1F. The van der Waals surface area contributed by atoms with Crippen LogP contribution in [0.2, 0.25) is 0 Å². The lowest BCUT2D eigenvalue weighted by molar-refractivity contribution is 0.189. The smallest absolute Gasteiger partial charge is 0.147 e. The molecule has 5 heteroatoms. The molecule has 0 aliphatic carbocycles. The van der Waals surface area contributed by atoms with Crippen LogP contribution in [0.25, 0.3) is 0 Å². The summed E-state index contributed by atoms with van der Waals surface area (Å²) in [5.41, 5.74) is 5.45. The lowest BCUT2D eigenvalue weighted by Gasteiger charge is -2.07. The van der Waals surface area contributed by atoms with Gasteiger partial charge in [-0.25, -0.2) is 4.39 Å². The molecule has 0 radical (unpaired) electrons. The van der Waals surface area contributed by atoms with Crippen LogP contribution in [0.4, 0.5) is 10.1 Å². The van der Waals surface area contributed by atoms with Crippen LogP contribution in [0.15, 0.2) is 23.1 Å². The average Bonchev–Trinajstić information content (AvgIpc) is 2.74. The summed E-state index contributed by atoms with van der Waals surface area (Å²) in [6, 6.07) is 4.32. The van der Waals surface area contributed by atoms with E-state index in [1.807, 2.05) is 0 Å². The Morgan fingerprint density at radius 2 is 2.38 bits per heavy atom. The minimum Gasteiger partial charge on any atom is -0.396 e.